The molecule has 1 aromatic heterocycles. The first-order chi connectivity index (χ1) is 8.19. The summed E-state index contributed by atoms with van der Waals surface area (Å²) >= 11 is 0. The van der Waals surface area contributed by atoms with Crippen LogP contribution in [-0.4, -0.2) is 0 Å². The minimum atomic E-state index is -0.602. The van der Waals surface area contributed by atoms with Crippen molar-refractivity contribution in [1.29, 1.82) is 0 Å². The Morgan fingerprint density at radius 3 is 2.47 bits per heavy atom. The monoisotopic (exact) mass is 238 g/mol. The molecule has 0 amide bonds. The van der Waals surface area contributed by atoms with Gasteiger partial charge in [0.15, 0.2) is 0 Å². The number of hydrogen-bond donors (Lipinski definition) is 2. The molecule has 1 aromatic carbocycles. The van der Waals surface area contributed by atoms with Gasteiger partial charge in [-0.1, -0.05) is 0 Å². The molecule has 0 radical (unpaired) electrons. The Morgan fingerprint density at radius 1 is 1.24 bits per heavy atom. The minimum absolute atomic E-state index is 0.314. The van der Waals surface area contributed by atoms with Crippen molar-refractivity contribution in [2.45, 2.75) is 12.5 Å². The molecule has 0 saturated carbocycles. The summed E-state index contributed by atoms with van der Waals surface area (Å²) in [5.41, 5.74) is 3.07. The van der Waals surface area contributed by atoms with E-state index in [0.29, 0.717) is 17.7 Å². The molecular formula is C12H12F2N2O. The van der Waals surface area contributed by atoms with Gasteiger partial charge in [-0.05, 0) is 36.2 Å². The molecule has 17 heavy (non-hydrogen) atoms. The zero-order valence-corrected chi connectivity index (χ0v) is 8.99. The van der Waals surface area contributed by atoms with E-state index in [4.69, 9.17) is 10.3 Å². The molecular weight excluding hydrogens is 226 g/mol. The van der Waals surface area contributed by atoms with Crippen molar-refractivity contribution in [2.75, 3.05) is 0 Å². The fourth-order valence-corrected chi connectivity index (χ4v) is 1.70. The first-order valence-corrected chi connectivity index (χ1v) is 5.13. The summed E-state index contributed by atoms with van der Waals surface area (Å²) in [6.07, 6.45) is 1.87. The number of benzene rings is 1. The quantitative estimate of drug-likeness (QED) is 0.634. The van der Waals surface area contributed by atoms with E-state index in [-0.39, 0.29) is 6.04 Å². The van der Waals surface area contributed by atoms with E-state index in [1.807, 2.05) is 0 Å². The van der Waals surface area contributed by atoms with Crippen LogP contribution in [0.5, 0.6) is 0 Å². The predicted octanol–water partition coefficient (Wildman–Crippen LogP) is 2.30. The van der Waals surface area contributed by atoms with Crippen LogP contribution in [0.4, 0.5) is 8.78 Å². The lowest BCUT2D eigenvalue weighted by atomic mass is 10.0. The lowest BCUT2D eigenvalue weighted by Crippen LogP contribution is -2.29. The molecule has 3 nitrogen and oxygen atoms in total. The molecule has 5 heteroatoms. The van der Waals surface area contributed by atoms with Crippen molar-refractivity contribution in [3.8, 4) is 0 Å². The highest BCUT2D eigenvalue weighted by atomic mass is 19.1. The van der Waals surface area contributed by atoms with E-state index in [0.717, 1.165) is 6.07 Å². The summed E-state index contributed by atoms with van der Waals surface area (Å²) in [7, 11) is 0. The Kier molecular flexibility index (Phi) is 3.51. The number of nitrogens with one attached hydrogen (secondary N) is 1. The number of nitrogens with two attached hydrogens (primary N) is 1. The second-order valence-electron chi connectivity index (χ2n) is 3.72. The summed E-state index contributed by atoms with van der Waals surface area (Å²) < 4.78 is 31.2. The van der Waals surface area contributed by atoms with Crippen molar-refractivity contribution in [3.63, 3.8) is 0 Å². The number of hydrazine groups is 1. The highest BCUT2D eigenvalue weighted by Gasteiger charge is 2.14. The number of hydrogen-bond acceptors (Lipinski definition) is 3. The summed E-state index contributed by atoms with van der Waals surface area (Å²) in [4.78, 5) is 0. The summed E-state index contributed by atoms with van der Waals surface area (Å²) in [6, 6.07) is 6.55. The van der Waals surface area contributed by atoms with Crippen molar-refractivity contribution in [3.05, 3.63) is 59.6 Å². The number of rotatable bonds is 4. The molecule has 0 fully saturated rings. The van der Waals surface area contributed by atoms with Crippen LogP contribution in [0, 0.1) is 11.6 Å². The zero-order valence-electron chi connectivity index (χ0n) is 8.99. The molecule has 90 valence electrons. The largest absolute Gasteiger partial charge is 0.468 e. The average molecular weight is 238 g/mol. The van der Waals surface area contributed by atoms with Crippen LogP contribution in [0.1, 0.15) is 17.4 Å². The molecule has 0 saturated heterocycles. The molecule has 1 unspecified atom stereocenters. The van der Waals surface area contributed by atoms with E-state index in [2.05, 4.69) is 5.43 Å². The summed E-state index contributed by atoms with van der Waals surface area (Å²) in [5.74, 6) is 4.81. The summed E-state index contributed by atoms with van der Waals surface area (Å²) in [5, 5.41) is 0. The molecule has 0 aliphatic rings. The maximum Gasteiger partial charge on any atom is 0.126 e. The van der Waals surface area contributed by atoms with Crippen LogP contribution in [0.25, 0.3) is 0 Å². The molecule has 0 aliphatic heterocycles. The van der Waals surface area contributed by atoms with Crippen LogP contribution in [0.15, 0.2) is 41.0 Å². The molecule has 1 atom stereocenters. The van der Waals surface area contributed by atoms with Gasteiger partial charge >= 0.3 is 0 Å². The van der Waals surface area contributed by atoms with E-state index in [1.165, 1.54) is 18.4 Å². The molecule has 0 spiro atoms. The predicted molar refractivity (Wildman–Crippen MR) is 58.8 cm³/mol. The Balaban J connectivity index is 2.18. The van der Waals surface area contributed by atoms with Crippen molar-refractivity contribution >= 4 is 0 Å². The van der Waals surface area contributed by atoms with Crippen molar-refractivity contribution < 1.29 is 13.2 Å². The lowest BCUT2D eigenvalue weighted by Gasteiger charge is -2.13. The third-order valence-electron chi connectivity index (χ3n) is 2.45. The normalized spacial score (nSPS) is 12.6. The van der Waals surface area contributed by atoms with Crippen LogP contribution >= 0.6 is 0 Å². The Hall–Kier alpha value is -1.72. The topological polar surface area (TPSA) is 51.2 Å². The molecule has 1 heterocycles. The fraction of sp³-hybridized carbons (Fsp3) is 0.167. The Labute approximate surface area is 97.2 Å². The van der Waals surface area contributed by atoms with Gasteiger partial charge in [-0.25, -0.2) is 14.2 Å². The zero-order chi connectivity index (χ0) is 12.3. The SMILES string of the molecule is NNC(Cc1cc(F)cc(F)c1)c1ccco1. The van der Waals surface area contributed by atoms with Gasteiger partial charge in [-0.2, -0.15) is 0 Å². The highest BCUT2D eigenvalue weighted by Crippen LogP contribution is 2.19. The van der Waals surface area contributed by atoms with Gasteiger partial charge in [-0.3, -0.25) is 5.84 Å². The third kappa shape index (κ3) is 2.89. The van der Waals surface area contributed by atoms with Crippen LogP contribution in [-0.2, 0) is 6.42 Å². The molecule has 2 aromatic rings. The second kappa shape index (κ2) is 5.07. The van der Waals surface area contributed by atoms with Gasteiger partial charge in [0.25, 0.3) is 0 Å². The van der Waals surface area contributed by atoms with Gasteiger partial charge in [0.05, 0.1) is 12.3 Å². The van der Waals surface area contributed by atoms with Crippen molar-refractivity contribution in [2.24, 2.45) is 5.84 Å². The maximum absolute atomic E-state index is 13.0. The van der Waals surface area contributed by atoms with E-state index >= 15 is 0 Å². The summed E-state index contributed by atoms with van der Waals surface area (Å²) in [6.45, 7) is 0. The Bertz CT molecular complexity index is 465. The maximum atomic E-state index is 13.0. The average Bonchev–Trinajstić information content (AvgIpc) is 2.77. The fourth-order valence-electron chi connectivity index (χ4n) is 1.70. The van der Waals surface area contributed by atoms with E-state index in [1.54, 1.807) is 12.1 Å². The molecule has 3 N–H and O–H groups in total. The van der Waals surface area contributed by atoms with Gasteiger partial charge in [0.2, 0.25) is 0 Å². The second-order valence-corrected chi connectivity index (χ2v) is 3.72. The van der Waals surface area contributed by atoms with Crippen molar-refractivity contribution in [1.82, 2.24) is 5.43 Å². The molecule has 0 bridgehead atoms. The van der Waals surface area contributed by atoms with Gasteiger partial charge < -0.3 is 4.42 Å². The van der Waals surface area contributed by atoms with E-state index < -0.39 is 11.6 Å². The number of halogens is 2. The molecule has 0 aliphatic carbocycles. The lowest BCUT2D eigenvalue weighted by molar-refractivity contribution is 0.415. The van der Waals surface area contributed by atoms with Crippen LogP contribution < -0.4 is 11.3 Å². The molecule has 2 rings (SSSR count). The van der Waals surface area contributed by atoms with Gasteiger partial charge in [0, 0.05) is 6.07 Å². The van der Waals surface area contributed by atoms with Crippen LogP contribution in [0.3, 0.4) is 0 Å². The minimum Gasteiger partial charge on any atom is -0.468 e. The number of furan rings is 1. The Morgan fingerprint density at radius 2 is 1.94 bits per heavy atom. The van der Waals surface area contributed by atoms with Gasteiger partial charge in [-0.15, -0.1) is 0 Å². The van der Waals surface area contributed by atoms with Gasteiger partial charge in [0.1, 0.15) is 17.4 Å². The first kappa shape index (κ1) is 11.8. The highest BCUT2D eigenvalue weighted by molar-refractivity contribution is 5.20. The first-order valence-electron chi connectivity index (χ1n) is 5.13. The third-order valence-corrected chi connectivity index (χ3v) is 2.45. The van der Waals surface area contributed by atoms with Crippen LogP contribution in [0.2, 0.25) is 0 Å². The smallest absolute Gasteiger partial charge is 0.126 e. The van der Waals surface area contributed by atoms with E-state index in [9.17, 15) is 8.78 Å². The standard InChI is InChI=1S/C12H12F2N2O/c13-9-4-8(5-10(14)7-9)6-11(16-15)12-2-1-3-17-12/h1-5,7,11,16H,6,15H2.